The molecule has 2 rings (SSSR count). The number of thioether (sulfide) groups is 1. The average molecular weight is 318 g/mol. The molecule has 2 N–H and O–H groups in total. The van der Waals surface area contributed by atoms with Crippen LogP contribution in [0.4, 0.5) is 0 Å². The standard InChI is InChI=1S/C11H12BrNOS2/c1-7-8(4-5-14-7)15-10(6-13)9-2-3-11(12)16-9/h2-5,10H,6,13H2,1H3. The molecule has 0 saturated carbocycles. The molecule has 0 radical (unpaired) electrons. The minimum Gasteiger partial charge on any atom is -0.468 e. The SMILES string of the molecule is Cc1occc1SC(CN)c1ccc(Br)s1. The summed E-state index contributed by atoms with van der Waals surface area (Å²) in [5.41, 5.74) is 5.82. The van der Waals surface area contributed by atoms with Gasteiger partial charge in [-0.1, -0.05) is 0 Å². The summed E-state index contributed by atoms with van der Waals surface area (Å²) >= 11 is 6.96. The number of hydrogen-bond acceptors (Lipinski definition) is 4. The summed E-state index contributed by atoms with van der Waals surface area (Å²) < 4.78 is 6.43. The van der Waals surface area contributed by atoms with Gasteiger partial charge in [-0.15, -0.1) is 23.1 Å². The molecule has 2 heterocycles. The van der Waals surface area contributed by atoms with Crippen molar-refractivity contribution >= 4 is 39.0 Å². The van der Waals surface area contributed by atoms with Gasteiger partial charge < -0.3 is 10.2 Å². The molecular formula is C11H12BrNOS2. The first-order chi connectivity index (χ1) is 7.70. The zero-order valence-electron chi connectivity index (χ0n) is 8.77. The Hall–Kier alpha value is -0.230. The van der Waals surface area contributed by atoms with Crippen LogP contribution >= 0.6 is 39.0 Å². The normalized spacial score (nSPS) is 12.9. The van der Waals surface area contributed by atoms with Crippen molar-refractivity contribution in [3.05, 3.63) is 38.9 Å². The third-order valence-corrected chi connectivity index (χ3v) is 5.50. The molecule has 2 nitrogen and oxygen atoms in total. The molecule has 0 bridgehead atoms. The fraction of sp³-hybridized carbons (Fsp3) is 0.273. The largest absolute Gasteiger partial charge is 0.468 e. The maximum Gasteiger partial charge on any atom is 0.114 e. The summed E-state index contributed by atoms with van der Waals surface area (Å²) in [7, 11) is 0. The molecule has 1 unspecified atom stereocenters. The van der Waals surface area contributed by atoms with E-state index in [1.54, 1.807) is 29.4 Å². The number of aryl methyl sites for hydroxylation is 1. The predicted octanol–water partition coefficient (Wildman–Crippen LogP) is 4.20. The van der Waals surface area contributed by atoms with E-state index >= 15 is 0 Å². The molecule has 0 saturated heterocycles. The van der Waals surface area contributed by atoms with Crippen molar-refractivity contribution < 1.29 is 4.42 Å². The lowest BCUT2D eigenvalue weighted by atomic mass is 10.3. The lowest BCUT2D eigenvalue weighted by Crippen LogP contribution is -2.07. The molecule has 0 aliphatic rings. The molecule has 0 amide bonds. The van der Waals surface area contributed by atoms with Gasteiger partial charge in [0.25, 0.3) is 0 Å². The minimum atomic E-state index is 0.299. The molecule has 5 heteroatoms. The second kappa shape index (κ2) is 5.40. The van der Waals surface area contributed by atoms with Gasteiger partial charge in [0.05, 0.1) is 15.3 Å². The molecular weight excluding hydrogens is 306 g/mol. The van der Waals surface area contributed by atoms with E-state index in [9.17, 15) is 0 Å². The van der Waals surface area contributed by atoms with E-state index in [1.165, 1.54) is 9.77 Å². The fourth-order valence-electron chi connectivity index (χ4n) is 1.37. The van der Waals surface area contributed by atoms with Crippen molar-refractivity contribution in [2.75, 3.05) is 6.54 Å². The Kier molecular flexibility index (Phi) is 4.13. The molecule has 0 aliphatic heterocycles. The van der Waals surface area contributed by atoms with E-state index in [-0.39, 0.29) is 0 Å². The van der Waals surface area contributed by atoms with Crippen LogP contribution in [0.3, 0.4) is 0 Å². The smallest absolute Gasteiger partial charge is 0.114 e. The van der Waals surface area contributed by atoms with E-state index in [2.05, 4.69) is 28.1 Å². The van der Waals surface area contributed by atoms with Gasteiger partial charge in [0, 0.05) is 16.3 Å². The number of thiophene rings is 1. The lowest BCUT2D eigenvalue weighted by Gasteiger charge is -2.11. The number of halogens is 1. The highest BCUT2D eigenvalue weighted by atomic mass is 79.9. The van der Waals surface area contributed by atoms with E-state index in [0.29, 0.717) is 11.8 Å². The van der Waals surface area contributed by atoms with Crippen LogP contribution in [0.2, 0.25) is 0 Å². The Labute approximate surface area is 111 Å². The van der Waals surface area contributed by atoms with Crippen molar-refractivity contribution in [3.8, 4) is 0 Å². The predicted molar refractivity (Wildman–Crippen MR) is 73.1 cm³/mol. The van der Waals surface area contributed by atoms with Gasteiger partial charge in [-0.2, -0.15) is 0 Å². The highest BCUT2D eigenvalue weighted by Crippen LogP contribution is 2.40. The second-order valence-corrected chi connectivity index (χ2v) is 7.06. The van der Waals surface area contributed by atoms with Crippen LogP contribution in [-0.4, -0.2) is 6.54 Å². The van der Waals surface area contributed by atoms with E-state index in [1.807, 2.05) is 13.0 Å². The van der Waals surface area contributed by atoms with Crippen LogP contribution in [0, 0.1) is 6.92 Å². The minimum absolute atomic E-state index is 0.299. The maximum absolute atomic E-state index is 5.82. The first kappa shape index (κ1) is 12.2. The van der Waals surface area contributed by atoms with E-state index < -0.39 is 0 Å². The summed E-state index contributed by atoms with van der Waals surface area (Å²) in [6.07, 6.45) is 1.72. The summed E-state index contributed by atoms with van der Waals surface area (Å²) in [6, 6.07) is 6.17. The van der Waals surface area contributed by atoms with Gasteiger partial charge in [-0.25, -0.2) is 0 Å². The van der Waals surface area contributed by atoms with Crippen molar-refractivity contribution in [2.45, 2.75) is 17.1 Å². The zero-order chi connectivity index (χ0) is 11.5. The van der Waals surface area contributed by atoms with Gasteiger partial charge in [-0.05, 0) is 41.1 Å². The van der Waals surface area contributed by atoms with Crippen LogP contribution in [0.15, 0.2) is 37.6 Å². The monoisotopic (exact) mass is 317 g/mol. The Morgan fingerprint density at radius 3 is 2.81 bits per heavy atom. The second-order valence-electron chi connectivity index (χ2n) is 3.33. The summed E-state index contributed by atoms with van der Waals surface area (Å²) in [4.78, 5) is 2.46. The molecule has 16 heavy (non-hydrogen) atoms. The molecule has 2 aromatic heterocycles. The molecule has 2 aromatic rings. The highest BCUT2D eigenvalue weighted by Gasteiger charge is 2.15. The van der Waals surface area contributed by atoms with Gasteiger partial charge in [0.1, 0.15) is 5.76 Å². The van der Waals surface area contributed by atoms with Crippen LogP contribution < -0.4 is 5.73 Å². The van der Waals surface area contributed by atoms with Crippen molar-refractivity contribution in [1.29, 1.82) is 0 Å². The molecule has 0 aliphatic carbocycles. The van der Waals surface area contributed by atoms with Crippen LogP contribution in [0.25, 0.3) is 0 Å². The Morgan fingerprint density at radius 2 is 2.31 bits per heavy atom. The van der Waals surface area contributed by atoms with Crippen LogP contribution in [-0.2, 0) is 0 Å². The molecule has 0 spiro atoms. The third-order valence-electron chi connectivity index (χ3n) is 2.21. The molecule has 86 valence electrons. The Bertz CT molecular complexity index is 466. The topological polar surface area (TPSA) is 39.2 Å². The van der Waals surface area contributed by atoms with Gasteiger partial charge in [0.2, 0.25) is 0 Å². The van der Waals surface area contributed by atoms with Crippen LogP contribution in [0.5, 0.6) is 0 Å². The zero-order valence-corrected chi connectivity index (χ0v) is 12.0. The summed E-state index contributed by atoms with van der Waals surface area (Å²) in [5.74, 6) is 0.957. The van der Waals surface area contributed by atoms with Crippen molar-refractivity contribution in [2.24, 2.45) is 5.73 Å². The number of furan rings is 1. The first-order valence-corrected chi connectivity index (χ1v) is 7.35. The number of hydrogen-bond donors (Lipinski definition) is 1. The third kappa shape index (κ3) is 2.71. The average Bonchev–Trinajstić information content (AvgIpc) is 2.85. The van der Waals surface area contributed by atoms with Crippen molar-refractivity contribution in [3.63, 3.8) is 0 Å². The summed E-state index contributed by atoms with van der Waals surface area (Å²) in [5, 5.41) is 0.299. The number of rotatable bonds is 4. The lowest BCUT2D eigenvalue weighted by molar-refractivity contribution is 0.527. The van der Waals surface area contributed by atoms with E-state index in [0.717, 1.165) is 9.55 Å². The van der Waals surface area contributed by atoms with Gasteiger partial charge in [0.15, 0.2) is 0 Å². The van der Waals surface area contributed by atoms with E-state index in [4.69, 9.17) is 10.2 Å². The molecule has 0 aromatic carbocycles. The quantitative estimate of drug-likeness (QED) is 0.859. The molecule has 1 atom stereocenters. The van der Waals surface area contributed by atoms with Gasteiger partial charge in [-0.3, -0.25) is 0 Å². The van der Waals surface area contributed by atoms with Crippen molar-refractivity contribution in [1.82, 2.24) is 0 Å². The highest BCUT2D eigenvalue weighted by molar-refractivity contribution is 9.11. The Balaban J connectivity index is 2.15. The molecule has 0 fully saturated rings. The van der Waals surface area contributed by atoms with Crippen LogP contribution in [0.1, 0.15) is 15.9 Å². The maximum atomic E-state index is 5.82. The number of nitrogens with two attached hydrogens (primary N) is 1. The first-order valence-electron chi connectivity index (χ1n) is 4.86. The van der Waals surface area contributed by atoms with Gasteiger partial charge >= 0.3 is 0 Å². The fourth-order valence-corrected chi connectivity index (χ4v) is 4.02. The summed E-state index contributed by atoms with van der Waals surface area (Å²) in [6.45, 7) is 2.60. The Morgan fingerprint density at radius 1 is 1.50 bits per heavy atom.